The van der Waals surface area contributed by atoms with Crippen LogP contribution in [0.2, 0.25) is 0 Å². The van der Waals surface area contributed by atoms with Crippen LogP contribution in [0, 0.1) is 19.3 Å². The molecule has 0 aliphatic carbocycles. The summed E-state index contributed by atoms with van der Waals surface area (Å²) in [6.07, 6.45) is 2.32. The van der Waals surface area contributed by atoms with Crippen LogP contribution in [0.5, 0.6) is 5.75 Å². The Morgan fingerprint density at radius 3 is 1.79 bits per heavy atom. The fraction of sp³-hybridized carbons (Fsp3) is 0.562. The number of carbonyl (C=O) groups is 2. The summed E-state index contributed by atoms with van der Waals surface area (Å²) in [5.41, 5.74) is 1.67. The zero-order chi connectivity index (χ0) is 29.1. The minimum Gasteiger partial charge on any atom is -0.490 e. The summed E-state index contributed by atoms with van der Waals surface area (Å²) in [5.74, 6) is -0.730. The third kappa shape index (κ3) is 6.23. The molecule has 3 N–H and O–H groups in total. The topological polar surface area (TPSA) is 95.9 Å². The molecule has 1 atom stereocenters. The Morgan fingerprint density at radius 2 is 1.37 bits per heavy atom. The van der Waals surface area contributed by atoms with Gasteiger partial charge in [-0.1, -0.05) is 65.8 Å². The Morgan fingerprint density at radius 1 is 0.842 bits per heavy atom. The van der Waals surface area contributed by atoms with Crippen LogP contribution in [0.15, 0.2) is 36.4 Å². The maximum absolute atomic E-state index is 12.8. The molecule has 6 heteroatoms. The summed E-state index contributed by atoms with van der Waals surface area (Å²) in [5, 5.41) is 23.1. The second-order valence-electron chi connectivity index (χ2n) is 12.1. The normalized spacial score (nSPS) is 14.1. The average Bonchev–Trinajstić information content (AvgIpc) is 2.83. The third-order valence-electron chi connectivity index (χ3n) is 8.37. The summed E-state index contributed by atoms with van der Waals surface area (Å²) in [7, 11) is 0. The number of ether oxygens (including phenoxy) is 1. The van der Waals surface area contributed by atoms with E-state index in [0.717, 1.165) is 40.8 Å². The summed E-state index contributed by atoms with van der Waals surface area (Å²) < 4.78 is 6.14. The number of aliphatic hydroxyl groups is 1. The summed E-state index contributed by atoms with van der Waals surface area (Å²) >= 11 is 0. The number of nitrogens with one attached hydrogen (secondary N) is 1. The highest BCUT2D eigenvalue weighted by Gasteiger charge is 2.39. The SMILES string of the molecule is CCC(CC)(c1ccc(OCC(O)(CC)C(C)(C)C)c(C)c1)c1ccc(C(=O)NC(C)(C)C(=O)O)c(C)c1. The van der Waals surface area contributed by atoms with Crippen LogP contribution in [-0.4, -0.2) is 39.8 Å². The van der Waals surface area contributed by atoms with Gasteiger partial charge in [0.25, 0.3) is 5.91 Å². The molecule has 210 valence electrons. The number of carboxylic acid groups (broad SMARTS) is 1. The van der Waals surface area contributed by atoms with Gasteiger partial charge in [-0.2, -0.15) is 0 Å². The molecule has 0 aromatic heterocycles. The number of amides is 1. The van der Waals surface area contributed by atoms with Gasteiger partial charge in [-0.15, -0.1) is 0 Å². The minimum atomic E-state index is -1.36. The first-order chi connectivity index (χ1) is 17.5. The van der Waals surface area contributed by atoms with Gasteiger partial charge in [0.15, 0.2) is 0 Å². The lowest BCUT2D eigenvalue weighted by atomic mass is 9.70. The number of hydrogen-bond donors (Lipinski definition) is 3. The molecule has 0 spiro atoms. The van der Waals surface area contributed by atoms with Crippen LogP contribution >= 0.6 is 0 Å². The van der Waals surface area contributed by atoms with Gasteiger partial charge in [-0.25, -0.2) is 4.79 Å². The highest BCUT2D eigenvalue weighted by atomic mass is 16.5. The molecule has 2 aromatic rings. The van der Waals surface area contributed by atoms with Crippen LogP contribution < -0.4 is 10.1 Å². The number of carboxylic acids is 1. The van der Waals surface area contributed by atoms with Crippen molar-refractivity contribution in [2.45, 2.75) is 105 Å². The fourth-order valence-electron chi connectivity index (χ4n) is 5.01. The fourth-order valence-corrected chi connectivity index (χ4v) is 5.01. The number of rotatable bonds is 11. The Labute approximate surface area is 228 Å². The quantitative estimate of drug-likeness (QED) is 0.308. The summed E-state index contributed by atoms with van der Waals surface area (Å²) in [6, 6.07) is 12.1. The molecule has 6 nitrogen and oxygen atoms in total. The predicted molar refractivity (Wildman–Crippen MR) is 153 cm³/mol. The zero-order valence-electron chi connectivity index (χ0n) is 24.9. The van der Waals surface area contributed by atoms with Gasteiger partial charge in [0.1, 0.15) is 23.5 Å². The minimum absolute atomic E-state index is 0.224. The molecule has 38 heavy (non-hydrogen) atoms. The molecule has 0 bridgehead atoms. The van der Waals surface area contributed by atoms with E-state index in [-0.39, 0.29) is 17.4 Å². The molecule has 0 aliphatic rings. The van der Waals surface area contributed by atoms with E-state index in [1.807, 2.05) is 59.7 Å². The first-order valence-electron chi connectivity index (χ1n) is 13.6. The number of carbonyl (C=O) groups excluding carboxylic acids is 1. The molecule has 0 saturated carbocycles. The monoisotopic (exact) mass is 525 g/mol. The van der Waals surface area contributed by atoms with Crippen molar-refractivity contribution >= 4 is 11.9 Å². The number of hydrogen-bond acceptors (Lipinski definition) is 4. The maximum Gasteiger partial charge on any atom is 0.328 e. The van der Waals surface area contributed by atoms with Gasteiger partial charge in [-0.05, 0) is 86.8 Å². The molecular formula is C32H47NO5. The Balaban J connectivity index is 2.41. The van der Waals surface area contributed by atoms with E-state index in [9.17, 15) is 19.8 Å². The van der Waals surface area contributed by atoms with E-state index in [2.05, 4.69) is 31.3 Å². The van der Waals surface area contributed by atoms with Gasteiger partial charge >= 0.3 is 5.97 Å². The van der Waals surface area contributed by atoms with Gasteiger partial charge in [-0.3, -0.25) is 4.79 Å². The van der Waals surface area contributed by atoms with Crippen molar-refractivity contribution in [2.24, 2.45) is 5.41 Å². The van der Waals surface area contributed by atoms with E-state index in [4.69, 9.17) is 4.74 Å². The standard InChI is InChI=1S/C32H47NO5/c1-11-31(12-2,23-14-16-25(21(4)18-23)27(34)33-30(9,10)28(35)36)24-15-17-26(22(5)19-24)38-20-32(37,13-3)29(6,7)8/h14-19,37H,11-13,20H2,1-10H3,(H,33,34)(H,35,36). The van der Waals surface area contributed by atoms with E-state index in [1.165, 1.54) is 13.8 Å². The highest BCUT2D eigenvalue weighted by Crippen LogP contribution is 2.41. The van der Waals surface area contributed by atoms with Crippen molar-refractivity contribution in [2.75, 3.05) is 6.61 Å². The average molecular weight is 526 g/mol. The lowest BCUT2D eigenvalue weighted by molar-refractivity contribution is -0.143. The summed E-state index contributed by atoms with van der Waals surface area (Å²) in [4.78, 5) is 24.3. The van der Waals surface area contributed by atoms with Crippen LogP contribution in [-0.2, 0) is 10.2 Å². The van der Waals surface area contributed by atoms with Gasteiger partial charge in [0.05, 0.1) is 0 Å². The molecule has 2 aromatic carbocycles. The van der Waals surface area contributed by atoms with E-state index in [1.54, 1.807) is 6.07 Å². The summed E-state index contributed by atoms with van der Waals surface area (Å²) in [6.45, 7) is 19.5. The molecule has 1 unspecified atom stereocenters. The van der Waals surface area contributed by atoms with Crippen molar-refractivity contribution < 1.29 is 24.5 Å². The highest BCUT2D eigenvalue weighted by molar-refractivity contribution is 5.98. The lowest BCUT2D eigenvalue weighted by Gasteiger charge is -2.39. The Hall–Kier alpha value is -2.86. The first kappa shape index (κ1) is 31.4. The Bertz CT molecular complexity index is 1160. The number of aliphatic carboxylic acids is 1. The third-order valence-corrected chi connectivity index (χ3v) is 8.37. The molecule has 0 heterocycles. The van der Waals surface area contributed by atoms with Crippen LogP contribution in [0.25, 0.3) is 0 Å². The van der Waals surface area contributed by atoms with Crippen molar-refractivity contribution in [1.82, 2.24) is 5.32 Å². The van der Waals surface area contributed by atoms with Crippen molar-refractivity contribution in [1.29, 1.82) is 0 Å². The van der Waals surface area contributed by atoms with Crippen molar-refractivity contribution in [3.8, 4) is 5.75 Å². The second kappa shape index (κ2) is 11.5. The zero-order valence-corrected chi connectivity index (χ0v) is 24.9. The number of benzene rings is 2. The Kier molecular flexibility index (Phi) is 9.48. The molecule has 1 amide bonds. The van der Waals surface area contributed by atoms with Crippen LogP contribution in [0.1, 0.15) is 107 Å². The second-order valence-corrected chi connectivity index (χ2v) is 12.1. The molecular weight excluding hydrogens is 478 g/mol. The molecule has 2 rings (SSSR count). The van der Waals surface area contributed by atoms with Gasteiger partial charge in [0.2, 0.25) is 0 Å². The first-order valence-corrected chi connectivity index (χ1v) is 13.6. The smallest absolute Gasteiger partial charge is 0.328 e. The van der Waals surface area contributed by atoms with E-state index < -0.39 is 23.0 Å². The lowest BCUT2D eigenvalue weighted by Crippen LogP contribution is -2.49. The number of aryl methyl sites for hydroxylation is 2. The molecule has 0 aliphatic heterocycles. The van der Waals surface area contributed by atoms with E-state index in [0.29, 0.717) is 12.0 Å². The maximum atomic E-state index is 12.8. The van der Waals surface area contributed by atoms with Crippen LogP contribution in [0.3, 0.4) is 0 Å². The van der Waals surface area contributed by atoms with Crippen molar-refractivity contribution in [3.63, 3.8) is 0 Å². The van der Waals surface area contributed by atoms with E-state index >= 15 is 0 Å². The molecule has 0 radical (unpaired) electrons. The van der Waals surface area contributed by atoms with Gasteiger partial charge in [0, 0.05) is 11.0 Å². The predicted octanol–water partition coefficient (Wildman–Crippen LogP) is 6.57. The van der Waals surface area contributed by atoms with Crippen LogP contribution in [0.4, 0.5) is 0 Å². The van der Waals surface area contributed by atoms with Crippen molar-refractivity contribution in [3.05, 3.63) is 64.2 Å². The molecule has 0 saturated heterocycles. The largest absolute Gasteiger partial charge is 0.490 e. The van der Waals surface area contributed by atoms with Gasteiger partial charge < -0.3 is 20.3 Å². The molecule has 0 fully saturated rings.